The number of methoxy groups -OCH3 is 2. The molecule has 1 saturated heterocycles. The zero-order valence-corrected chi connectivity index (χ0v) is 20.5. The number of aliphatic hydroxyl groups is 1. The normalized spacial score (nSPS) is 19.3. The molecule has 180 valence electrons. The Morgan fingerprint density at radius 2 is 1.94 bits per heavy atom. The highest BCUT2D eigenvalue weighted by Gasteiger charge is 2.54. The van der Waals surface area contributed by atoms with E-state index >= 15 is 0 Å². The van der Waals surface area contributed by atoms with Gasteiger partial charge in [-0.2, -0.15) is 0 Å². The lowest BCUT2D eigenvalue weighted by molar-refractivity contribution is -0.144. The summed E-state index contributed by atoms with van der Waals surface area (Å²) in [7, 11) is 5.25. The van der Waals surface area contributed by atoms with Gasteiger partial charge in [0.1, 0.15) is 12.4 Å². The van der Waals surface area contributed by atoms with Gasteiger partial charge in [0.05, 0.1) is 25.3 Å². The van der Waals surface area contributed by atoms with Crippen LogP contribution in [0.15, 0.2) is 42.5 Å². The summed E-state index contributed by atoms with van der Waals surface area (Å²) in [5, 5.41) is 12.4. The third kappa shape index (κ3) is 3.58. The number of amides is 1. The monoisotopic (exact) mass is 483 g/mol. The second kappa shape index (κ2) is 8.89. The number of fused-ring (bicyclic) bond motifs is 4. The van der Waals surface area contributed by atoms with Crippen LogP contribution >= 0.6 is 11.6 Å². The van der Waals surface area contributed by atoms with Gasteiger partial charge in [-0.1, -0.05) is 29.8 Å². The van der Waals surface area contributed by atoms with E-state index in [1.54, 1.807) is 14.2 Å². The van der Waals surface area contributed by atoms with E-state index in [2.05, 4.69) is 15.5 Å². The molecule has 0 radical (unpaired) electrons. The average molecular weight is 484 g/mol. The van der Waals surface area contributed by atoms with Crippen LogP contribution in [0.5, 0.6) is 5.75 Å². The molecule has 1 N–H and O–H groups in total. The molecular weight excluding hydrogens is 454 g/mol. The number of nitrogens with zero attached hydrogens (tertiary/aromatic N) is 3. The zero-order chi connectivity index (χ0) is 24.0. The highest BCUT2D eigenvalue weighted by molar-refractivity contribution is 6.31. The van der Waals surface area contributed by atoms with E-state index in [-0.39, 0.29) is 30.6 Å². The largest absolute Gasteiger partial charge is 0.497 e. The minimum Gasteiger partial charge on any atom is -0.497 e. The van der Waals surface area contributed by atoms with Gasteiger partial charge in [0.25, 0.3) is 0 Å². The maximum absolute atomic E-state index is 12.6. The molecule has 1 amide bonds. The lowest BCUT2D eigenvalue weighted by Gasteiger charge is -2.56. The van der Waals surface area contributed by atoms with Gasteiger partial charge in [0, 0.05) is 67.9 Å². The molecule has 1 spiro atoms. The molecule has 0 unspecified atom stereocenters. The van der Waals surface area contributed by atoms with E-state index in [0.29, 0.717) is 24.7 Å². The summed E-state index contributed by atoms with van der Waals surface area (Å²) in [4.78, 5) is 16.7. The second-order valence-corrected chi connectivity index (χ2v) is 9.77. The van der Waals surface area contributed by atoms with Crippen LogP contribution in [0.2, 0.25) is 5.02 Å². The molecule has 1 aromatic heterocycles. The summed E-state index contributed by atoms with van der Waals surface area (Å²) in [5.74, 6) is 0.789. The Hall–Kier alpha value is -2.58. The number of carbonyl (C=O) groups is 1. The van der Waals surface area contributed by atoms with Crippen molar-refractivity contribution in [2.75, 3.05) is 47.1 Å². The molecule has 34 heavy (non-hydrogen) atoms. The number of carbonyl (C=O) groups excluding carboxylic acids is 1. The van der Waals surface area contributed by atoms with Crippen molar-refractivity contribution >= 4 is 28.4 Å². The van der Waals surface area contributed by atoms with Crippen LogP contribution in [-0.4, -0.2) is 72.4 Å². The van der Waals surface area contributed by atoms with Crippen LogP contribution in [0.3, 0.4) is 0 Å². The van der Waals surface area contributed by atoms with Gasteiger partial charge in [0.15, 0.2) is 0 Å². The molecule has 0 aliphatic carbocycles. The summed E-state index contributed by atoms with van der Waals surface area (Å²) < 4.78 is 12.7. The number of ether oxygens (including phenoxy) is 2. The summed E-state index contributed by atoms with van der Waals surface area (Å²) in [6, 6.07) is 13.8. The van der Waals surface area contributed by atoms with E-state index in [1.807, 2.05) is 48.3 Å². The maximum atomic E-state index is 12.6. The smallest absolute Gasteiger partial charge is 0.248 e. The zero-order valence-electron chi connectivity index (χ0n) is 19.8. The van der Waals surface area contributed by atoms with Crippen LogP contribution in [0.25, 0.3) is 10.9 Å². The predicted octanol–water partition coefficient (Wildman–Crippen LogP) is 3.12. The summed E-state index contributed by atoms with van der Waals surface area (Å²) >= 11 is 6.51. The van der Waals surface area contributed by atoms with Gasteiger partial charge in [-0.15, -0.1) is 0 Å². The van der Waals surface area contributed by atoms with Gasteiger partial charge in [-0.3, -0.25) is 9.69 Å². The topological polar surface area (TPSA) is 67.2 Å². The fourth-order valence-electron chi connectivity index (χ4n) is 5.81. The molecule has 0 bridgehead atoms. The number of hydrogen-bond donors (Lipinski definition) is 1. The highest BCUT2D eigenvalue weighted by Crippen LogP contribution is 2.50. The molecule has 8 heteroatoms. The fraction of sp³-hybridized carbons (Fsp3) is 0.423. The number of likely N-dealkylation sites (tertiary alicyclic amines) is 1. The molecule has 0 saturated carbocycles. The first-order chi connectivity index (χ1) is 16.4. The summed E-state index contributed by atoms with van der Waals surface area (Å²) in [6.07, 6.45) is 0. The molecule has 3 heterocycles. The molecule has 7 nitrogen and oxygen atoms in total. The first-order valence-electron chi connectivity index (χ1n) is 11.4. The molecule has 3 aromatic rings. The minimum absolute atomic E-state index is 0.00137. The molecule has 2 aromatic carbocycles. The Morgan fingerprint density at radius 1 is 1.18 bits per heavy atom. The average Bonchev–Trinajstić information content (AvgIpc) is 3.11. The Labute approximate surface area is 204 Å². The van der Waals surface area contributed by atoms with Crippen molar-refractivity contribution in [1.82, 2.24) is 14.4 Å². The lowest BCUT2D eigenvalue weighted by atomic mass is 9.68. The number of halogens is 1. The maximum Gasteiger partial charge on any atom is 0.248 e. The van der Waals surface area contributed by atoms with Crippen molar-refractivity contribution in [1.29, 1.82) is 0 Å². The summed E-state index contributed by atoms with van der Waals surface area (Å²) in [5.41, 5.74) is 4.16. The Kier molecular flexibility index (Phi) is 6.06. The van der Waals surface area contributed by atoms with E-state index < -0.39 is 0 Å². The van der Waals surface area contributed by atoms with Gasteiger partial charge in [0.2, 0.25) is 5.91 Å². The molecule has 1 atom stereocenters. The SMILES string of the molecule is COCC(=O)N1CC2(C1)CN(Cc1ccccc1Cl)[C@@H](CO)c1c2c2ccc(OC)cc2n1C. The quantitative estimate of drug-likeness (QED) is 0.583. The Morgan fingerprint density at radius 3 is 2.62 bits per heavy atom. The summed E-state index contributed by atoms with van der Waals surface area (Å²) in [6.45, 7) is 2.63. The van der Waals surface area contributed by atoms with Crippen LogP contribution in [0.4, 0.5) is 0 Å². The molecule has 2 aliphatic rings. The third-order valence-corrected chi connectivity index (χ3v) is 7.73. The predicted molar refractivity (Wildman–Crippen MR) is 131 cm³/mol. The van der Waals surface area contributed by atoms with Gasteiger partial charge in [-0.25, -0.2) is 0 Å². The van der Waals surface area contributed by atoms with Gasteiger partial charge >= 0.3 is 0 Å². The molecular formula is C26H30ClN3O4. The van der Waals surface area contributed by atoms with Gasteiger partial charge < -0.3 is 24.0 Å². The van der Waals surface area contributed by atoms with Crippen molar-refractivity contribution in [3.8, 4) is 5.75 Å². The minimum atomic E-state index is -0.236. The van der Waals surface area contributed by atoms with E-state index in [9.17, 15) is 9.90 Å². The van der Waals surface area contributed by atoms with E-state index in [0.717, 1.165) is 34.5 Å². The third-order valence-electron chi connectivity index (χ3n) is 7.36. The standard InChI is InChI=1S/C26H30ClN3O4/c1-28-21-10-18(34-3)8-9-19(21)24-25(28)22(12-31)29(11-17-6-4-5-7-20(17)27)14-26(24)15-30(16-26)23(32)13-33-2/h4-10,22,31H,11-16H2,1-3H3/t22-/m0/s1. The Bertz CT molecular complexity index is 1230. The Balaban J connectivity index is 1.63. The first kappa shape index (κ1) is 23.2. The van der Waals surface area contributed by atoms with Crippen molar-refractivity contribution in [2.24, 2.45) is 7.05 Å². The van der Waals surface area contributed by atoms with Crippen LogP contribution in [0.1, 0.15) is 22.9 Å². The fourth-order valence-corrected chi connectivity index (χ4v) is 6.00. The van der Waals surface area contributed by atoms with Crippen LogP contribution in [0, 0.1) is 0 Å². The number of hydrogen-bond acceptors (Lipinski definition) is 5. The second-order valence-electron chi connectivity index (χ2n) is 9.36. The van der Waals surface area contributed by atoms with Crippen molar-refractivity contribution in [2.45, 2.75) is 18.0 Å². The molecule has 1 fully saturated rings. The number of rotatable bonds is 6. The van der Waals surface area contributed by atoms with Crippen molar-refractivity contribution in [3.63, 3.8) is 0 Å². The van der Waals surface area contributed by atoms with E-state index in [4.69, 9.17) is 21.1 Å². The van der Waals surface area contributed by atoms with Gasteiger partial charge in [-0.05, 0) is 29.3 Å². The number of benzene rings is 2. The molecule has 2 aliphatic heterocycles. The van der Waals surface area contributed by atoms with Crippen LogP contribution in [-0.2, 0) is 28.5 Å². The molecule has 5 rings (SSSR count). The van der Waals surface area contributed by atoms with E-state index in [1.165, 1.54) is 5.56 Å². The number of aliphatic hydroxyl groups excluding tert-OH is 1. The highest BCUT2D eigenvalue weighted by atomic mass is 35.5. The first-order valence-corrected chi connectivity index (χ1v) is 11.8. The number of aryl methyl sites for hydroxylation is 1. The van der Waals surface area contributed by atoms with Crippen LogP contribution < -0.4 is 4.74 Å². The van der Waals surface area contributed by atoms with Crippen molar-refractivity contribution < 1.29 is 19.4 Å². The number of aromatic nitrogens is 1. The lowest BCUT2D eigenvalue weighted by Crippen LogP contribution is -2.68. The van der Waals surface area contributed by atoms with Crippen molar-refractivity contribution in [3.05, 3.63) is 64.3 Å².